The van der Waals surface area contributed by atoms with Crippen LogP contribution in [-0.4, -0.2) is 31.6 Å². The molecule has 2 atom stereocenters. The first-order valence-electron chi connectivity index (χ1n) is 8.22. The van der Waals surface area contributed by atoms with Gasteiger partial charge in [0.1, 0.15) is 0 Å². The van der Waals surface area contributed by atoms with Gasteiger partial charge >= 0.3 is 0 Å². The monoisotopic (exact) mass is 327 g/mol. The first-order chi connectivity index (χ1) is 11.4. The van der Waals surface area contributed by atoms with E-state index in [0.717, 1.165) is 19.6 Å². The molecule has 3 rings (SSSR count). The maximum absolute atomic E-state index is 3.56. The van der Waals surface area contributed by atoms with Gasteiger partial charge in [0.2, 0.25) is 0 Å². The lowest BCUT2D eigenvalue weighted by Gasteiger charge is -2.19. The number of nitrogens with one attached hydrogen (secondary N) is 3. The zero-order chi connectivity index (χ0) is 15.9. The first kappa shape index (κ1) is 16.5. The summed E-state index contributed by atoms with van der Waals surface area (Å²) >= 11 is 1.89. The third-order valence-electron chi connectivity index (χ3n) is 4.36. The fourth-order valence-electron chi connectivity index (χ4n) is 3.06. The number of thioether (sulfide) groups is 1. The molecule has 2 aromatic rings. The average Bonchev–Trinajstić information content (AvgIpc) is 3.08. The molecule has 4 heteroatoms. The Morgan fingerprint density at radius 3 is 2.52 bits per heavy atom. The summed E-state index contributed by atoms with van der Waals surface area (Å²) in [5.74, 6) is 1.75. The highest BCUT2D eigenvalue weighted by Crippen LogP contribution is 2.27. The summed E-state index contributed by atoms with van der Waals surface area (Å²) in [6, 6.07) is 19.9. The lowest BCUT2D eigenvalue weighted by molar-refractivity contribution is 0.448. The molecule has 0 amide bonds. The number of hydrogen-bond donors (Lipinski definition) is 3. The summed E-state index contributed by atoms with van der Waals surface area (Å²) in [6.45, 7) is 3.14. The first-order valence-corrected chi connectivity index (χ1v) is 9.61. The normalized spacial score (nSPS) is 20.7. The van der Waals surface area contributed by atoms with Crippen LogP contribution in [0.2, 0.25) is 0 Å². The van der Waals surface area contributed by atoms with E-state index < -0.39 is 0 Å². The fraction of sp³-hybridized carbons (Fsp3) is 0.368. The predicted octanol–water partition coefficient (Wildman–Crippen LogP) is 3.07. The smallest absolute Gasteiger partial charge is 0.0515 e. The Hall–Kier alpha value is -1.33. The summed E-state index contributed by atoms with van der Waals surface area (Å²) in [5.41, 5.74) is 10.6. The Labute approximate surface area is 143 Å². The summed E-state index contributed by atoms with van der Waals surface area (Å²) in [6.07, 6.45) is 2.15. The zero-order valence-electron chi connectivity index (χ0n) is 13.6. The molecule has 2 aromatic carbocycles. The highest BCUT2D eigenvalue weighted by atomic mass is 32.2. The second-order valence-electron chi connectivity index (χ2n) is 5.95. The Morgan fingerprint density at radius 2 is 1.78 bits per heavy atom. The van der Waals surface area contributed by atoms with Crippen LogP contribution < -0.4 is 16.2 Å². The van der Waals surface area contributed by atoms with Gasteiger partial charge in [-0.25, -0.2) is 5.43 Å². The largest absolute Gasteiger partial charge is 0.316 e. The van der Waals surface area contributed by atoms with E-state index in [9.17, 15) is 0 Å². The van der Waals surface area contributed by atoms with Crippen LogP contribution in [0.25, 0.3) is 11.1 Å². The molecule has 3 N–H and O–H groups in total. The summed E-state index contributed by atoms with van der Waals surface area (Å²) in [4.78, 5) is 0. The summed E-state index contributed by atoms with van der Waals surface area (Å²) < 4.78 is 0. The van der Waals surface area contributed by atoms with Crippen molar-refractivity contribution >= 4 is 11.8 Å². The van der Waals surface area contributed by atoms with Crippen LogP contribution in [0, 0.1) is 5.92 Å². The standard InChI is InChI=1S/C19H25N3S/c1-23-12-11-20-13-18-14-21-22-19(18)17-9-7-16(8-10-17)15-5-3-2-4-6-15/h2-10,18-22H,11-14H2,1H3. The fourth-order valence-corrected chi connectivity index (χ4v) is 3.40. The van der Waals surface area contributed by atoms with Crippen LogP contribution in [-0.2, 0) is 0 Å². The van der Waals surface area contributed by atoms with E-state index in [0.29, 0.717) is 12.0 Å². The van der Waals surface area contributed by atoms with Crippen molar-refractivity contribution in [3.63, 3.8) is 0 Å². The molecular weight excluding hydrogens is 302 g/mol. The van der Waals surface area contributed by atoms with Gasteiger partial charge in [0.25, 0.3) is 0 Å². The molecule has 122 valence electrons. The van der Waals surface area contributed by atoms with Crippen molar-refractivity contribution in [2.24, 2.45) is 5.92 Å². The van der Waals surface area contributed by atoms with Gasteiger partial charge in [-0.05, 0) is 22.9 Å². The van der Waals surface area contributed by atoms with Crippen molar-refractivity contribution in [2.75, 3.05) is 31.6 Å². The van der Waals surface area contributed by atoms with Crippen molar-refractivity contribution in [3.8, 4) is 11.1 Å². The SMILES string of the molecule is CSCCNCC1CNNC1c1ccc(-c2ccccc2)cc1. The van der Waals surface area contributed by atoms with Gasteiger partial charge in [-0.3, -0.25) is 5.43 Å². The highest BCUT2D eigenvalue weighted by molar-refractivity contribution is 7.98. The highest BCUT2D eigenvalue weighted by Gasteiger charge is 2.27. The van der Waals surface area contributed by atoms with Crippen LogP contribution >= 0.6 is 11.8 Å². The molecule has 1 fully saturated rings. The Morgan fingerprint density at radius 1 is 1.04 bits per heavy atom. The minimum Gasteiger partial charge on any atom is -0.316 e. The average molecular weight is 327 g/mol. The van der Waals surface area contributed by atoms with Gasteiger partial charge in [0.05, 0.1) is 6.04 Å². The number of rotatable bonds is 7. The van der Waals surface area contributed by atoms with Gasteiger partial charge in [0, 0.05) is 31.3 Å². The molecule has 23 heavy (non-hydrogen) atoms. The van der Waals surface area contributed by atoms with Crippen LogP contribution in [0.5, 0.6) is 0 Å². The maximum Gasteiger partial charge on any atom is 0.0515 e. The Bertz CT molecular complexity index is 585. The van der Waals surface area contributed by atoms with E-state index in [1.54, 1.807) is 0 Å². The number of hydrazine groups is 1. The molecule has 1 saturated heterocycles. The van der Waals surface area contributed by atoms with Gasteiger partial charge in [-0.2, -0.15) is 11.8 Å². The molecule has 0 radical (unpaired) electrons. The molecule has 2 unspecified atom stereocenters. The van der Waals surface area contributed by atoms with Crippen molar-refractivity contribution < 1.29 is 0 Å². The van der Waals surface area contributed by atoms with Crippen LogP contribution in [0.15, 0.2) is 54.6 Å². The van der Waals surface area contributed by atoms with Gasteiger partial charge in [-0.15, -0.1) is 0 Å². The van der Waals surface area contributed by atoms with E-state index in [-0.39, 0.29) is 0 Å². The third kappa shape index (κ3) is 4.36. The molecule has 0 spiro atoms. The van der Waals surface area contributed by atoms with Gasteiger partial charge < -0.3 is 5.32 Å². The molecule has 0 aliphatic carbocycles. The zero-order valence-corrected chi connectivity index (χ0v) is 14.4. The van der Waals surface area contributed by atoms with Crippen LogP contribution in [0.1, 0.15) is 11.6 Å². The minimum atomic E-state index is 0.376. The molecule has 1 heterocycles. The predicted molar refractivity (Wildman–Crippen MR) is 100 cm³/mol. The van der Waals surface area contributed by atoms with E-state index in [1.807, 2.05) is 11.8 Å². The molecule has 0 aromatic heterocycles. The Balaban J connectivity index is 1.64. The molecule has 0 bridgehead atoms. The second-order valence-corrected chi connectivity index (χ2v) is 6.93. The van der Waals surface area contributed by atoms with Gasteiger partial charge in [0.15, 0.2) is 0 Å². The lowest BCUT2D eigenvalue weighted by atomic mass is 9.93. The number of benzene rings is 2. The quantitative estimate of drug-likeness (QED) is 0.683. The van der Waals surface area contributed by atoms with Crippen LogP contribution in [0.4, 0.5) is 0 Å². The van der Waals surface area contributed by atoms with E-state index in [2.05, 4.69) is 77.0 Å². The maximum atomic E-state index is 3.56. The lowest BCUT2D eigenvalue weighted by Crippen LogP contribution is -2.29. The van der Waals surface area contributed by atoms with Crippen LogP contribution in [0.3, 0.4) is 0 Å². The van der Waals surface area contributed by atoms with Crippen molar-refractivity contribution in [2.45, 2.75) is 6.04 Å². The van der Waals surface area contributed by atoms with Crippen molar-refractivity contribution in [1.29, 1.82) is 0 Å². The summed E-state index contributed by atoms with van der Waals surface area (Å²) in [7, 11) is 0. The minimum absolute atomic E-state index is 0.376. The van der Waals surface area contributed by atoms with E-state index >= 15 is 0 Å². The molecule has 1 aliphatic rings. The second kappa shape index (κ2) is 8.50. The topological polar surface area (TPSA) is 36.1 Å². The van der Waals surface area contributed by atoms with Crippen molar-refractivity contribution in [1.82, 2.24) is 16.2 Å². The molecule has 1 aliphatic heterocycles. The molecular formula is C19H25N3S. The van der Waals surface area contributed by atoms with Gasteiger partial charge in [-0.1, -0.05) is 54.6 Å². The molecule has 3 nitrogen and oxygen atoms in total. The summed E-state index contributed by atoms with van der Waals surface area (Å²) in [5, 5.41) is 3.56. The van der Waals surface area contributed by atoms with E-state index in [4.69, 9.17) is 0 Å². The third-order valence-corrected chi connectivity index (χ3v) is 4.97. The van der Waals surface area contributed by atoms with E-state index in [1.165, 1.54) is 22.4 Å². The van der Waals surface area contributed by atoms with Crippen molar-refractivity contribution in [3.05, 3.63) is 60.2 Å². The Kier molecular flexibility index (Phi) is 6.11. The number of hydrogen-bond acceptors (Lipinski definition) is 4. The molecule has 0 saturated carbocycles.